The summed E-state index contributed by atoms with van der Waals surface area (Å²) in [7, 11) is 0. The smallest absolute Gasteiger partial charge is 0.139 e. The molecule has 3 heterocycles. The lowest BCUT2D eigenvalue weighted by Crippen LogP contribution is -2.06. The Hall–Kier alpha value is -2.08. The number of thiophene rings is 1. The molecule has 112 valence electrons. The van der Waals surface area contributed by atoms with E-state index in [4.69, 9.17) is 0 Å². The van der Waals surface area contributed by atoms with Crippen LogP contribution in [0, 0.1) is 6.92 Å². The van der Waals surface area contributed by atoms with Gasteiger partial charge < -0.3 is 5.32 Å². The highest BCUT2D eigenvalue weighted by Crippen LogP contribution is 2.38. The Morgan fingerprint density at radius 1 is 1.18 bits per heavy atom. The van der Waals surface area contributed by atoms with Crippen molar-refractivity contribution in [3.05, 3.63) is 40.5 Å². The molecule has 0 radical (unpaired) electrons. The Kier molecular flexibility index (Phi) is 3.46. The van der Waals surface area contributed by atoms with Gasteiger partial charge in [-0.2, -0.15) is 0 Å². The van der Waals surface area contributed by atoms with Crippen LogP contribution in [0.1, 0.15) is 34.8 Å². The second kappa shape index (κ2) is 5.61. The second-order valence-electron chi connectivity index (χ2n) is 5.56. The molecule has 0 spiro atoms. The largest absolute Gasteiger partial charge is 0.364 e. The fraction of sp³-hybridized carbons (Fsp3) is 0.375. The average molecular weight is 311 g/mol. The maximum atomic E-state index is 4.64. The molecule has 0 saturated heterocycles. The summed E-state index contributed by atoms with van der Waals surface area (Å²) in [5.74, 6) is 1.75. The van der Waals surface area contributed by atoms with Gasteiger partial charge in [-0.15, -0.1) is 11.3 Å². The second-order valence-corrected chi connectivity index (χ2v) is 6.64. The van der Waals surface area contributed by atoms with Crippen molar-refractivity contribution in [3.8, 4) is 0 Å². The normalized spacial score (nSPS) is 14.0. The summed E-state index contributed by atoms with van der Waals surface area (Å²) in [5.41, 5.74) is 2.36. The summed E-state index contributed by atoms with van der Waals surface area (Å²) < 4.78 is 0. The van der Waals surface area contributed by atoms with Gasteiger partial charge in [0.2, 0.25) is 0 Å². The maximum Gasteiger partial charge on any atom is 0.139 e. The summed E-state index contributed by atoms with van der Waals surface area (Å²) in [6.07, 6.45) is 10.0. The maximum absolute atomic E-state index is 4.64. The number of aryl methyl sites for hydroxylation is 3. The van der Waals surface area contributed by atoms with Gasteiger partial charge in [0.05, 0.1) is 23.8 Å². The van der Waals surface area contributed by atoms with Crippen LogP contribution in [0.25, 0.3) is 10.2 Å². The fourth-order valence-corrected chi connectivity index (χ4v) is 4.29. The van der Waals surface area contributed by atoms with Gasteiger partial charge >= 0.3 is 0 Å². The minimum absolute atomic E-state index is 0.629. The highest BCUT2D eigenvalue weighted by atomic mass is 32.1. The molecule has 0 unspecified atom stereocenters. The van der Waals surface area contributed by atoms with Gasteiger partial charge in [0.1, 0.15) is 16.5 Å². The van der Waals surface area contributed by atoms with Crippen molar-refractivity contribution in [2.75, 3.05) is 5.32 Å². The van der Waals surface area contributed by atoms with E-state index in [0.717, 1.165) is 28.6 Å². The lowest BCUT2D eigenvalue weighted by atomic mass is 9.97. The molecule has 0 aliphatic heterocycles. The van der Waals surface area contributed by atoms with Gasteiger partial charge in [0.25, 0.3) is 0 Å². The van der Waals surface area contributed by atoms with Crippen molar-refractivity contribution in [2.24, 2.45) is 0 Å². The van der Waals surface area contributed by atoms with Crippen molar-refractivity contribution >= 4 is 27.4 Å². The number of nitrogens with zero attached hydrogens (tertiary/aromatic N) is 4. The average Bonchev–Trinajstić information content (AvgIpc) is 2.91. The van der Waals surface area contributed by atoms with Crippen LogP contribution in [-0.4, -0.2) is 19.9 Å². The highest BCUT2D eigenvalue weighted by molar-refractivity contribution is 7.19. The van der Waals surface area contributed by atoms with Crippen molar-refractivity contribution in [1.29, 1.82) is 0 Å². The molecule has 0 atom stereocenters. The molecule has 22 heavy (non-hydrogen) atoms. The van der Waals surface area contributed by atoms with Gasteiger partial charge in [0, 0.05) is 17.3 Å². The predicted octanol–water partition coefficient (Wildman–Crippen LogP) is 3.28. The van der Waals surface area contributed by atoms with E-state index in [-0.39, 0.29) is 0 Å². The Morgan fingerprint density at radius 3 is 2.95 bits per heavy atom. The standard InChI is InChI=1S/C16H17N5S/c1-10-20-15(19-9-11-8-17-6-7-18-11)14-12-4-2-3-5-13(12)22-16(14)21-10/h6-8H,2-5,9H2,1H3,(H,19,20,21). The summed E-state index contributed by atoms with van der Waals surface area (Å²) >= 11 is 1.83. The highest BCUT2D eigenvalue weighted by Gasteiger charge is 2.20. The third kappa shape index (κ3) is 2.43. The molecule has 0 amide bonds. The zero-order chi connectivity index (χ0) is 14.9. The zero-order valence-electron chi connectivity index (χ0n) is 12.5. The molecule has 0 fully saturated rings. The molecule has 3 aromatic rings. The number of rotatable bonds is 3. The minimum Gasteiger partial charge on any atom is -0.364 e. The molecule has 1 aliphatic rings. The van der Waals surface area contributed by atoms with E-state index >= 15 is 0 Å². The van der Waals surface area contributed by atoms with E-state index in [2.05, 4.69) is 25.3 Å². The molecule has 1 N–H and O–H groups in total. The predicted molar refractivity (Wildman–Crippen MR) is 88.2 cm³/mol. The molecule has 0 aromatic carbocycles. The number of hydrogen-bond acceptors (Lipinski definition) is 6. The van der Waals surface area contributed by atoms with Crippen LogP contribution in [0.15, 0.2) is 18.6 Å². The molecule has 6 heteroatoms. The topological polar surface area (TPSA) is 63.6 Å². The van der Waals surface area contributed by atoms with Crippen molar-refractivity contribution in [3.63, 3.8) is 0 Å². The molecule has 0 bridgehead atoms. The van der Waals surface area contributed by atoms with Gasteiger partial charge in [-0.1, -0.05) is 0 Å². The number of anilines is 1. The Labute approximate surface area is 132 Å². The first kappa shape index (κ1) is 13.6. The van der Waals surface area contributed by atoms with Crippen LogP contribution < -0.4 is 5.32 Å². The number of hydrogen-bond donors (Lipinski definition) is 1. The van der Waals surface area contributed by atoms with Gasteiger partial charge in [0.15, 0.2) is 0 Å². The molecule has 0 saturated carbocycles. The monoisotopic (exact) mass is 311 g/mol. The SMILES string of the molecule is Cc1nc(NCc2cnccn2)c2c3c(sc2n1)CCCC3. The molecular weight excluding hydrogens is 294 g/mol. The number of fused-ring (bicyclic) bond motifs is 3. The van der Waals surface area contributed by atoms with Crippen LogP contribution in [0.4, 0.5) is 5.82 Å². The van der Waals surface area contributed by atoms with E-state index in [1.165, 1.54) is 35.1 Å². The van der Waals surface area contributed by atoms with E-state index in [1.807, 2.05) is 18.3 Å². The number of nitrogens with one attached hydrogen (secondary N) is 1. The van der Waals surface area contributed by atoms with Crippen LogP contribution in [0.3, 0.4) is 0 Å². The molecular formula is C16H17N5S. The first-order valence-electron chi connectivity index (χ1n) is 7.59. The van der Waals surface area contributed by atoms with E-state index in [9.17, 15) is 0 Å². The van der Waals surface area contributed by atoms with Gasteiger partial charge in [-0.05, 0) is 38.2 Å². The van der Waals surface area contributed by atoms with E-state index in [1.54, 1.807) is 18.6 Å². The van der Waals surface area contributed by atoms with Crippen LogP contribution in [0.2, 0.25) is 0 Å². The third-order valence-corrected chi connectivity index (χ3v) is 5.17. The summed E-state index contributed by atoms with van der Waals surface area (Å²) in [4.78, 5) is 20.3. The molecule has 5 nitrogen and oxygen atoms in total. The first-order valence-corrected chi connectivity index (χ1v) is 8.40. The van der Waals surface area contributed by atoms with Crippen molar-refractivity contribution < 1.29 is 0 Å². The van der Waals surface area contributed by atoms with Crippen molar-refractivity contribution in [2.45, 2.75) is 39.2 Å². The van der Waals surface area contributed by atoms with Crippen LogP contribution in [-0.2, 0) is 19.4 Å². The first-order chi connectivity index (χ1) is 10.8. The summed E-state index contributed by atoms with van der Waals surface area (Å²) in [6, 6.07) is 0. The molecule has 4 rings (SSSR count). The lowest BCUT2D eigenvalue weighted by Gasteiger charge is -2.12. The van der Waals surface area contributed by atoms with Crippen LogP contribution >= 0.6 is 11.3 Å². The number of aromatic nitrogens is 4. The van der Waals surface area contributed by atoms with Gasteiger partial charge in [-0.3, -0.25) is 9.97 Å². The van der Waals surface area contributed by atoms with E-state index in [0.29, 0.717) is 6.54 Å². The lowest BCUT2D eigenvalue weighted by molar-refractivity contribution is 0.700. The Bertz CT molecular complexity index is 812. The van der Waals surface area contributed by atoms with E-state index < -0.39 is 0 Å². The quantitative estimate of drug-likeness (QED) is 0.804. The minimum atomic E-state index is 0.629. The Morgan fingerprint density at radius 2 is 2.09 bits per heavy atom. The molecule has 1 aliphatic carbocycles. The summed E-state index contributed by atoms with van der Waals surface area (Å²) in [5, 5.41) is 4.65. The summed E-state index contributed by atoms with van der Waals surface area (Å²) in [6.45, 7) is 2.58. The molecule has 3 aromatic heterocycles. The third-order valence-electron chi connectivity index (χ3n) is 3.98. The Balaban J connectivity index is 1.74. The van der Waals surface area contributed by atoms with Gasteiger partial charge in [-0.25, -0.2) is 9.97 Å². The van der Waals surface area contributed by atoms with Crippen molar-refractivity contribution in [1.82, 2.24) is 19.9 Å². The van der Waals surface area contributed by atoms with Crippen LogP contribution in [0.5, 0.6) is 0 Å². The zero-order valence-corrected chi connectivity index (χ0v) is 13.3. The fourth-order valence-electron chi connectivity index (χ4n) is 2.99.